The largest absolute Gasteiger partial charge is 0.457 e. The lowest BCUT2D eigenvalue weighted by Gasteiger charge is -2.06. The number of hydrogen-bond acceptors (Lipinski definition) is 5. The van der Waals surface area contributed by atoms with E-state index < -0.39 is 0 Å². The molecule has 1 amide bonds. The van der Waals surface area contributed by atoms with E-state index in [0.717, 1.165) is 17.2 Å². The van der Waals surface area contributed by atoms with E-state index in [1.54, 1.807) is 24.3 Å². The highest BCUT2D eigenvalue weighted by Crippen LogP contribution is 2.22. The maximum Gasteiger partial charge on any atom is 0.257 e. The van der Waals surface area contributed by atoms with Gasteiger partial charge >= 0.3 is 0 Å². The first-order valence-corrected chi connectivity index (χ1v) is 8.03. The lowest BCUT2D eigenvalue weighted by Crippen LogP contribution is -2.11. The molecule has 1 aromatic heterocycles. The fraction of sp³-hybridized carbons (Fsp3) is 0.118. The van der Waals surface area contributed by atoms with Crippen molar-refractivity contribution in [3.8, 4) is 11.5 Å². The van der Waals surface area contributed by atoms with Crippen molar-refractivity contribution in [2.75, 3.05) is 5.32 Å². The van der Waals surface area contributed by atoms with Crippen molar-refractivity contribution in [2.45, 2.75) is 13.3 Å². The summed E-state index contributed by atoms with van der Waals surface area (Å²) in [5, 5.41) is 12.1. The molecule has 3 aromatic rings. The van der Waals surface area contributed by atoms with Gasteiger partial charge in [-0.15, -0.1) is 10.2 Å². The Balaban J connectivity index is 1.65. The van der Waals surface area contributed by atoms with Crippen LogP contribution in [0.4, 0.5) is 5.13 Å². The van der Waals surface area contributed by atoms with Crippen LogP contribution in [0.1, 0.15) is 22.3 Å². The first kappa shape index (κ1) is 15.2. The van der Waals surface area contributed by atoms with E-state index in [9.17, 15) is 4.79 Å². The molecule has 0 atom stereocenters. The number of nitrogens with one attached hydrogen (secondary N) is 1. The second kappa shape index (κ2) is 7.02. The SMILES string of the molecule is CCc1nnc(NC(=O)c2ccc(Oc3ccccc3)cc2)s1. The van der Waals surface area contributed by atoms with Gasteiger partial charge in [-0.05, 0) is 42.8 Å². The number of rotatable bonds is 5. The highest BCUT2D eigenvalue weighted by molar-refractivity contribution is 7.15. The van der Waals surface area contributed by atoms with Gasteiger partial charge < -0.3 is 4.74 Å². The second-order valence-electron chi connectivity index (χ2n) is 4.75. The van der Waals surface area contributed by atoms with E-state index in [4.69, 9.17) is 4.74 Å². The first-order chi connectivity index (χ1) is 11.2. The van der Waals surface area contributed by atoms with Gasteiger partial charge in [0, 0.05) is 5.56 Å². The van der Waals surface area contributed by atoms with Crippen LogP contribution in [0.5, 0.6) is 11.5 Å². The molecule has 0 radical (unpaired) electrons. The standard InChI is InChI=1S/C17H15N3O2S/c1-2-15-19-20-17(23-15)18-16(21)12-8-10-14(11-9-12)22-13-6-4-3-5-7-13/h3-11H,2H2,1H3,(H,18,20,21). The molecule has 1 heterocycles. The zero-order valence-electron chi connectivity index (χ0n) is 12.5. The Hall–Kier alpha value is -2.73. The van der Waals surface area contributed by atoms with Gasteiger partial charge in [-0.1, -0.05) is 36.5 Å². The number of amides is 1. The highest BCUT2D eigenvalue weighted by Gasteiger charge is 2.10. The zero-order chi connectivity index (χ0) is 16.1. The summed E-state index contributed by atoms with van der Waals surface area (Å²) in [6.07, 6.45) is 0.805. The molecule has 0 fully saturated rings. The maximum absolute atomic E-state index is 12.2. The van der Waals surface area contributed by atoms with Crippen LogP contribution < -0.4 is 10.1 Å². The maximum atomic E-state index is 12.2. The molecule has 1 N–H and O–H groups in total. The topological polar surface area (TPSA) is 64.1 Å². The summed E-state index contributed by atoms with van der Waals surface area (Å²) in [4.78, 5) is 12.2. The van der Waals surface area contributed by atoms with Crippen molar-refractivity contribution in [1.82, 2.24) is 10.2 Å². The molecular weight excluding hydrogens is 310 g/mol. The summed E-state index contributed by atoms with van der Waals surface area (Å²) >= 11 is 1.38. The van der Waals surface area contributed by atoms with Gasteiger partial charge in [-0.25, -0.2) is 0 Å². The van der Waals surface area contributed by atoms with E-state index in [1.807, 2.05) is 37.3 Å². The second-order valence-corrected chi connectivity index (χ2v) is 5.81. The summed E-state index contributed by atoms with van der Waals surface area (Å²) in [5.74, 6) is 1.22. The predicted molar refractivity (Wildman–Crippen MR) is 90.2 cm³/mol. The molecule has 0 unspecified atom stereocenters. The van der Waals surface area contributed by atoms with Gasteiger partial charge in [0.05, 0.1) is 0 Å². The Morgan fingerprint density at radius 1 is 1.04 bits per heavy atom. The monoisotopic (exact) mass is 325 g/mol. The van der Waals surface area contributed by atoms with E-state index in [2.05, 4.69) is 15.5 Å². The molecule has 3 rings (SSSR count). The van der Waals surface area contributed by atoms with Crippen molar-refractivity contribution in [1.29, 1.82) is 0 Å². The summed E-state index contributed by atoms with van der Waals surface area (Å²) in [6, 6.07) is 16.5. The minimum Gasteiger partial charge on any atom is -0.457 e. The zero-order valence-corrected chi connectivity index (χ0v) is 13.3. The number of para-hydroxylation sites is 1. The van der Waals surface area contributed by atoms with Crippen molar-refractivity contribution in [2.24, 2.45) is 0 Å². The Morgan fingerprint density at radius 3 is 2.39 bits per heavy atom. The summed E-state index contributed by atoms with van der Waals surface area (Å²) in [5.41, 5.74) is 0.540. The number of anilines is 1. The minimum absolute atomic E-state index is 0.213. The molecule has 116 valence electrons. The Kier molecular flexibility index (Phi) is 4.63. The third-order valence-corrected chi connectivity index (χ3v) is 4.07. The van der Waals surface area contributed by atoms with E-state index in [-0.39, 0.29) is 5.91 Å². The minimum atomic E-state index is -0.213. The lowest BCUT2D eigenvalue weighted by atomic mass is 10.2. The van der Waals surface area contributed by atoms with Gasteiger partial charge in [0.1, 0.15) is 16.5 Å². The Morgan fingerprint density at radius 2 is 1.74 bits per heavy atom. The van der Waals surface area contributed by atoms with Gasteiger partial charge in [-0.2, -0.15) is 0 Å². The summed E-state index contributed by atoms with van der Waals surface area (Å²) in [6.45, 7) is 2.00. The van der Waals surface area contributed by atoms with Crippen LogP contribution in [0.3, 0.4) is 0 Å². The number of carbonyl (C=O) groups excluding carboxylic acids is 1. The van der Waals surface area contributed by atoms with Crippen molar-refractivity contribution in [3.05, 3.63) is 65.2 Å². The van der Waals surface area contributed by atoms with E-state index in [1.165, 1.54) is 11.3 Å². The average Bonchev–Trinajstić information content (AvgIpc) is 3.04. The molecule has 5 nitrogen and oxygen atoms in total. The third-order valence-electron chi connectivity index (χ3n) is 3.09. The number of aryl methyl sites for hydroxylation is 1. The van der Waals surface area contributed by atoms with E-state index in [0.29, 0.717) is 16.4 Å². The van der Waals surface area contributed by atoms with Crippen LogP contribution in [-0.4, -0.2) is 16.1 Å². The van der Waals surface area contributed by atoms with Crippen LogP contribution in [0, 0.1) is 0 Å². The molecule has 0 bridgehead atoms. The van der Waals surface area contributed by atoms with Gasteiger partial charge in [0.25, 0.3) is 5.91 Å². The van der Waals surface area contributed by atoms with Gasteiger partial charge in [0.15, 0.2) is 0 Å². The molecule has 0 saturated heterocycles. The van der Waals surface area contributed by atoms with Crippen LogP contribution in [0.25, 0.3) is 0 Å². The molecule has 2 aromatic carbocycles. The average molecular weight is 325 g/mol. The number of carbonyl (C=O) groups is 1. The molecule has 0 aliphatic rings. The normalized spacial score (nSPS) is 10.3. The molecule has 0 spiro atoms. The lowest BCUT2D eigenvalue weighted by molar-refractivity contribution is 0.102. The predicted octanol–water partition coefficient (Wildman–Crippen LogP) is 4.15. The van der Waals surface area contributed by atoms with Gasteiger partial charge in [0.2, 0.25) is 5.13 Å². The van der Waals surface area contributed by atoms with Crippen molar-refractivity contribution in [3.63, 3.8) is 0 Å². The number of benzene rings is 2. The smallest absolute Gasteiger partial charge is 0.257 e. The quantitative estimate of drug-likeness (QED) is 0.765. The fourth-order valence-electron chi connectivity index (χ4n) is 1.92. The number of nitrogens with zero attached hydrogens (tertiary/aromatic N) is 2. The van der Waals surface area contributed by atoms with E-state index >= 15 is 0 Å². The Bertz CT molecular complexity index is 785. The molecule has 0 aliphatic heterocycles. The van der Waals surface area contributed by atoms with Crippen molar-refractivity contribution < 1.29 is 9.53 Å². The first-order valence-electron chi connectivity index (χ1n) is 7.21. The third kappa shape index (κ3) is 3.92. The highest BCUT2D eigenvalue weighted by atomic mass is 32.1. The molecule has 6 heteroatoms. The van der Waals surface area contributed by atoms with Crippen LogP contribution >= 0.6 is 11.3 Å². The molecule has 0 saturated carbocycles. The number of ether oxygens (including phenoxy) is 1. The molecular formula is C17H15N3O2S. The molecule has 23 heavy (non-hydrogen) atoms. The Labute approximate surface area is 138 Å². The summed E-state index contributed by atoms with van der Waals surface area (Å²) in [7, 11) is 0. The van der Waals surface area contributed by atoms with Crippen LogP contribution in [0.2, 0.25) is 0 Å². The van der Waals surface area contributed by atoms with Crippen molar-refractivity contribution >= 4 is 22.4 Å². The van der Waals surface area contributed by atoms with Crippen LogP contribution in [0.15, 0.2) is 54.6 Å². The fourth-order valence-corrected chi connectivity index (χ4v) is 2.59. The summed E-state index contributed by atoms with van der Waals surface area (Å²) < 4.78 is 5.70. The van der Waals surface area contributed by atoms with Crippen LogP contribution in [-0.2, 0) is 6.42 Å². The number of hydrogen-bond donors (Lipinski definition) is 1. The van der Waals surface area contributed by atoms with Gasteiger partial charge in [-0.3, -0.25) is 10.1 Å². The number of aromatic nitrogens is 2. The molecule has 0 aliphatic carbocycles.